The van der Waals surface area contributed by atoms with Gasteiger partial charge < -0.3 is 14.8 Å². The van der Waals surface area contributed by atoms with Gasteiger partial charge in [0.2, 0.25) is 0 Å². The summed E-state index contributed by atoms with van der Waals surface area (Å²) >= 11 is 0. The molecule has 0 aliphatic carbocycles. The quantitative estimate of drug-likeness (QED) is 0.885. The summed E-state index contributed by atoms with van der Waals surface area (Å²) in [6.07, 6.45) is 1.77. The van der Waals surface area contributed by atoms with E-state index in [1.54, 1.807) is 20.4 Å². The molecule has 21 heavy (non-hydrogen) atoms. The summed E-state index contributed by atoms with van der Waals surface area (Å²) in [7, 11) is 3.35. The number of rotatable bonds is 6. The molecule has 0 unspecified atom stereocenters. The predicted molar refractivity (Wildman–Crippen MR) is 84.8 cm³/mol. The SMILES string of the molecule is COc1ccc(-c2ncccc2OC)cc1CNC(C)C. The van der Waals surface area contributed by atoms with E-state index in [1.807, 2.05) is 24.3 Å². The molecule has 1 N–H and O–H groups in total. The second-order valence-corrected chi connectivity index (χ2v) is 5.12. The Hall–Kier alpha value is -2.07. The number of aromatic nitrogens is 1. The molecule has 0 saturated carbocycles. The highest BCUT2D eigenvalue weighted by Crippen LogP contribution is 2.31. The van der Waals surface area contributed by atoms with Crippen LogP contribution in [0.25, 0.3) is 11.3 Å². The van der Waals surface area contributed by atoms with Crippen molar-refractivity contribution in [3.8, 4) is 22.8 Å². The van der Waals surface area contributed by atoms with Crippen molar-refractivity contribution in [3.05, 3.63) is 42.1 Å². The van der Waals surface area contributed by atoms with E-state index in [2.05, 4.69) is 30.2 Å². The van der Waals surface area contributed by atoms with Gasteiger partial charge in [0, 0.05) is 29.9 Å². The van der Waals surface area contributed by atoms with Crippen LogP contribution in [0.1, 0.15) is 19.4 Å². The number of pyridine rings is 1. The second kappa shape index (κ2) is 7.09. The first kappa shape index (κ1) is 15.3. The first-order valence-corrected chi connectivity index (χ1v) is 7.05. The zero-order valence-electron chi connectivity index (χ0n) is 13.0. The molecule has 1 aromatic heterocycles. The molecule has 0 aliphatic heterocycles. The standard InChI is InChI=1S/C17H22N2O2/c1-12(2)19-11-14-10-13(7-8-15(14)20-3)17-16(21-4)6-5-9-18-17/h5-10,12,19H,11H2,1-4H3. The number of ether oxygens (including phenoxy) is 2. The third-order valence-corrected chi connectivity index (χ3v) is 3.25. The summed E-state index contributed by atoms with van der Waals surface area (Å²) in [4.78, 5) is 4.43. The average Bonchev–Trinajstić information content (AvgIpc) is 2.52. The smallest absolute Gasteiger partial charge is 0.145 e. The third kappa shape index (κ3) is 3.73. The van der Waals surface area contributed by atoms with Crippen molar-refractivity contribution in [2.75, 3.05) is 14.2 Å². The Morgan fingerprint density at radius 3 is 2.52 bits per heavy atom. The van der Waals surface area contributed by atoms with Gasteiger partial charge in [0.1, 0.15) is 17.2 Å². The van der Waals surface area contributed by atoms with Gasteiger partial charge >= 0.3 is 0 Å². The summed E-state index contributed by atoms with van der Waals surface area (Å²) in [6.45, 7) is 5.00. The van der Waals surface area contributed by atoms with Crippen LogP contribution in [0.4, 0.5) is 0 Å². The van der Waals surface area contributed by atoms with Crippen LogP contribution < -0.4 is 14.8 Å². The van der Waals surface area contributed by atoms with Crippen LogP contribution in [0.15, 0.2) is 36.5 Å². The van der Waals surface area contributed by atoms with Crippen LogP contribution in [0.2, 0.25) is 0 Å². The van der Waals surface area contributed by atoms with Gasteiger partial charge in [-0.2, -0.15) is 0 Å². The minimum Gasteiger partial charge on any atom is -0.496 e. The van der Waals surface area contributed by atoms with Crippen LogP contribution in [-0.4, -0.2) is 25.2 Å². The zero-order valence-corrected chi connectivity index (χ0v) is 13.0. The number of nitrogens with one attached hydrogen (secondary N) is 1. The Morgan fingerprint density at radius 1 is 1.10 bits per heavy atom. The maximum absolute atomic E-state index is 5.43. The molecule has 0 fully saturated rings. The fourth-order valence-corrected chi connectivity index (χ4v) is 2.15. The van der Waals surface area contributed by atoms with Gasteiger partial charge in [0.05, 0.1) is 14.2 Å². The summed E-state index contributed by atoms with van der Waals surface area (Å²) < 4.78 is 10.8. The number of hydrogen-bond donors (Lipinski definition) is 1. The first-order valence-electron chi connectivity index (χ1n) is 7.05. The van der Waals surface area contributed by atoms with E-state index >= 15 is 0 Å². The lowest BCUT2D eigenvalue weighted by Crippen LogP contribution is -2.22. The third-order valence-electron chi connectivity index (χ3n) is 3.25. The molecule has 0 saturated heterocycles. The molecule has 112 valence electrons. The van der Waals surface area contributed by atoms with E-state index in [-0.39, 0.29) is 0 Å². The minimum atomic E-state index is 0.419. The lowest BCUT2D eigenvalue weighted by molar-refractivity contribution is 0.406. The van der Waals surface area contributed by atoms with Gasteiger partial charge in [-0.05, 0) is 30.3 Å². The normalized spacial score (nSPS) is 10.7. The highest BCUT2D eigenvalue weighted by molar-refractivity contribution is 5.68. The highest BCUT2D eigenvalue weighted by Gasteiger charge is 2.10. The van der Waals surface area contributed by atoms with Crippen molar-refractivity contribution in [1.82, 2.24) is 10.3 Å². The van der Waals surface area contributed by atoms with Crippen molar-refractivity contribution in [3.63, 3.8) is 0 Å². The topological polar surface area (TPSA) is 43.4 Å². The van der Waals surface area contributed by atoms with E-state index in [0.717, 1.165) is 34.9 Å². The van der Waals surface area contributed by atoms with Gasteiger partial charge in [0.15, 0.2) is 0 Å². The van der Waals surface area contributed by atoms with Crippen molar-refractivity contribution >= 4 is 0 Å². The number of methoxy groups -OCH3 is 2. The van der Waals surface area contributed by atoms with Crippen LogP contribution >= 0.6 is 0 Å². The second-order valence-electron chi connectivity index (χ2n) is 5.12. The van der Waals surface area contributed by atoms with Crippen molar-refractivity contribution < 1.29 is 9.47 Å². The van der Waals surface area contributed by atoms with Gasteiger partial charge in [-0.3, -0.25) is 4.98 Å². The lowest BCUT2D eigenvalue weighted by Gasteiger charge is -2.14. The van der Waals surface area contributed by atoms with Crippen molar-refractivity contribution in [1.29, 1.82) is 0 Å². The van der Waals surface area contributed by atoms with Gasteiger partial charge in [-0.15, -0.1) is 0 Å². The van der Waals surface area contributed by atoms with Crippen LogP contribution in [-0.2, 0) is 6.54 Å². The Bertz CT molecular complexity index is 597. The summed E-state index contributed by atoms with van der Waals surface area (Å²) in [6, 6.07) is 10.3. The summed E-state index contributed by atoms with van der Waals surface area (Å²) in [5.74, 6) is 1.65. The Morgan fingerprint density at radius 2 is 1.86 bits per heavy atom. The van der Waals surface area contributed by atoms with Crippen LogP contribution in [0.5, 0.6) is 11.5 Å². The first-order chi connectivity index (χ1) is 10.2. The molecule has 1 aromatic carbocycles. The van der Waals surface area contributed by atoms with E-state index in [4.69, 9.17) is 9.47 Å². The Kier molecular flexibility index (Phi) is 5.17. The minimum absolute atomic E-state index is 0.419. The Balaban J connectivity index is 2.38. The van der Waals surface area contributed by atoms with E-state index in [1.165, 1.54) is 0 Å². The monoisotopic (exact) mass is 286 g/mol. The molecule has 2 rings (SSSR count). The number of hydrogen-bond acceptors (Lipinski definition) is 4. The van der Waals surface area contributed by atoms with Crippen LogP contribution in [0.3, 0.4) is 0 Å². The molecule has 4 heteroatoms. The summed E-state index contributed by atoms with van der Waals surface area (Å²) in [5, 5.41) is 3.41. The average molecular weight is 286 g/mol. The lowest BCUT2D eigenvalue weighted by atomic mass is 10.1. The van der Waals surface area contributed by atoms with Crippen molar-refractivity contribution in [2.24, 2.45) is 0 Å². The maximum Gasteiger partial charge on any atom is 0.145 e. The van der Waals surface area contributed by atoms with E-state index < -0.39 is 0 Å². The molecule has 1 heterocycles. The molecule has 0 amide bonds. The van der Waals surface area contributed by atoms with Gasteiger partial charge in [-0.1, -0.05) is 13.8 Å². The zero-order chi connectivity index (χ0) is 15.2. The van der Waals surface area contributed by atoms with Gasteiger partial charge in [-0.25, -0.2) is 0 Å². The fourth-order valence-electron chi connectivity index (χ4n) is 2.15. The maximum atomic E-state index is 5.43. The number of nitrogens with zero attached hydrogens (tertiary/aromatic N) is 1. The van der Waals surface area contributed by atoms with E-state index in [9.17, 15) is 0 Å². The predicted octanol–water partition coefficient (Wildman–Crippen LogP) is 3.26. The van der Waals surface area contributed by atoms with E-state index in [0.29, 0.717) is 6.04 Å². The number of benzene rings is 1. The molecule has 0 aliphatic rings. The molecule has 2 aromatic rings. The molecule has 0 radical (unpaired) electrons. The molecule has 0 spiro atoms. The largest absolute Gasteiger partial charge is 0.496 e. The molecule has 0 bridgehead atoms. The van der Waals surface area contributed by atoms with Crippen molar-refractivity contribution in [2.45, 2.75) is 26.4 Å². The molecular weight excluding hydrogens is 264 g/mol. The van der Waals surface area contributed by atoms with Crippen LogP contribution in [0, 0.1) is 0 Å². The summed E-state index contributed by atoms with van der Waals surface area (Å²) in [5.41, 5.74) is 2.97. The highest BCUT2D eigenvalue weighted by atomic mass is 16.5. The van der Waals surface area contributed by atoms with Gasteiger partial charge in [0.25, 0.3) is 0 Å². The molecule has 0 atom stereocenters. The molecule has 4 nitrogen and oxygen atoms in total. The Labute approximate surface area is 126 Å². The fraction of sp³-hybridized carbons (Fsp3) is 0.353. The molecular formula is C17H22N2O2.